The van der Waals surface area contributed by atoms with Gasteiger partial charge in [0.05, 0.1) is 0 Å². The number of hydrogen-bond acceptors (Lipinski definition) is 1. The van der Waals surface area contributed by atoms with Gasteiger partial charge < -0.3 is 4.74 Å². The maximum atomic E-state index is 6.73. The molecule has 2 aliphatic carbocycles. The molecule has 1 unspecified atom stereocenters. The van der Waals surface area contributed by atoms with Gasteiger partial charge in [-0.1, -0.05) is 170 Å². The van der Waals surface area contributed by atoms with Crippen molar-refractivity contribution in [3.63, 3.8) is 0 Å². The lowest BCUT2D eigenvalue weighted by Gasteiger charge is -2.28. The lowest BCUT2D eigenvalue weighted by atomic mass is 9.81. The van der Waals surface area contributed by atoms with E-state index in [1.807, 2.05) is 0 Å². The monoisotopic (exact) mass is 794 g/mol. The van der Waals surface area contributed by atoms with Crippen LogP contribution in [0.25, 0.3) is 83.5 Å². The molecule has 1 heteroatoms. The van der Waals surface area contributed by atoms with Crippen molar-refractivity contribution < 1.29 is 4.74 Å². The molecule has 0 amide bonds. The summed E-state index contributed by atoms with van der Waals surface area (Å²) in [6.07, 6.45) is 14.6. The molecule has 11 rings (SSSR count). The van der Waals surface area contributed by atoms with Gasteiger partial charge in [-0.3, -0.25) is 0 Å². The van der Waals surface area contributed by atoms with Crippen molar-refractivity contribution in [1.29, 1.82) is 0 Å². The molecule has 0 aromatic heterocycles. The Hall–Kier alpha value is -7.48. The zero-order valence-corrected chi connectivity index (χ0v) is 34.9. The minimum atomic E-state index is -0.408. The van der Waals surface area contributed by atoms with Crippen molar-refractivity contribution in [2.24, 2.45) is 0 Å². The van der Waals surface area contributed by atoms with Crippen LogP contribution in [-0.4, -0.2) is 5.60 Å². The second-order valence-electron chi connectivity index (χ2n) is 17.0. The van der Waals surface area contributed by atoms with Crippen LogP contribution in [0.1, 0.15) is 42.9 Å². The van der Waals surface area contributed by atoms with E-state index in [9.17, 15) is 0 Å². The van der Waals surface area contributed by atoms with Gasteiger partial charge in [-0.15, -0.1) is 0 Å². The predicted octanol–water partition coefficient (Wildman–Crippen LogP) is 16.4. The molecule has 1 heterocycles. The van der Waals surface area contributed by atoms with Gasteiger partial charge in [-0.05, 0) is 163 Å². The average Bonchev–Trinajstić information content (AvgIpc) is 3.65. The Morgan fingerprint density at radius 3 is 1.27 bits per heavy atom. The van der Waals surface area contributed by atoms with Crippen molar-refractivity contribution in [3.8, 4) is 72.5 Å². The molecule has 0 fully saturated rings. The van der Waals surface area contributed by atoms with Gasteiger partial charge in [0.15, 0.2) is 0 Å². The molecular formula is C61H46O. The van der Waals surface area contributed by atoms with Crippen molar-refractivity contribution in [2.45, 2.75) is 31.8 Å². The first-order valence-corrected chi connectivity index (χ1v) is 21.8. The van der Waals surface area contributed by atoms with Crippen molar-refractivity contribution in [3.05, 3.63) is 241 Å². The van der Waals surface area contributed by atoms with Gasteiger partial charge in [-0.25, -0.2) is 0 Å². The minimum absolute atomic E-state index is 0.408. The van der Waals surface area contributed by atoms with Crippen molar-refractivity contribution in [2.75, 3.05) is 0 Å². The fourth-order valence-electron chi connectivity index (χ4n) is 9.42. The Balaban J connectivity index is 0.868. The summed E-state index contributed by atoms with van der Waals surface area (Å²) in [6, 6.07) is 70.8. The van der Waals surface area contributed by atoms with E-state index in [0.717, 1.165) is 25.0 Å². The number of ether oxygens (including phenoxy) is 1. The second kappa shape index (κ2) is 15.8. The topological polar surface area (TPSA) is 9.23 Å². The molecule has 1 atom stereocenters. The maximum Gasteiger partial charge on any atom is 0.135 e. The summed E-state index contributed by atoms with van der Waals surface area (Å²) in [5.74, 6) is 0.948. The fraction of sp³-hybridized carbons (Fsp3) is 0.0820. The Morgan fingerprint density at radius 1 is 0.371 bits per heavy atom. The van der Waals surface area contributed by atoms with E-state index in [0.29, 0.717) is 0 Å². The molecule has 0 N–H and O–H groups in total. The van der Waals surface area contributed by atoms with Crippen molar-refractivity contribution >= 4 is 16.7 Å². The van der Waals surface area contributed by atoms with E-state index in [2.05, 4.69) is 231 Å². The van der Waals surface area contributed by atoms with E-state index in [-0.39, 0.29) is 0 Å². The molecule has 296 valence electrons. The summed E-state index contributed by atoms with van der Waals surface area (Å²) < 4.78 is 6.73. The third-order valence-corrected chi connectivity index (χ3v) is 12.8. The van der Waals surface area contributed by atoms with Crippen molar-refractivity contribution in [1.82, 2.24) is 0 Å². The highest BCUT2D eigenvalue weighted by Crippen LogP contribution is 2.51. The smallest absolute Gasteiger partial charge is 0.135 e. The Labute approximate surface area is 365 Å². The van der Waals surface area contributed by atoms with Crippen LogP contribution in [0.3, 0.4) is 0 Å². The molecule has 62 heavy (non-hydrogen) atoms. The molecule has 0 saturated heterocycles. The molecule has 8 aromatic rings. The summed E-state index contributed by atoms with van der Waals surface area (Å²) in [4.78, 5) is 0. The van der Waals surface area contributed by atoms with Crippen LogP contribution < -0.4 is 4.74 Å². The highest BCUT2D eigenvalue weighted by atomic mass is 16.5. The zero-order chi connectivity index (χ0) is 41.5. The third-order valence-electron chi connectivity index (χ3n) is 12.8. The first-order valence-electron chi connectivity index (χ1n) is 21.8. The van der Waals surface area contributed by atoms with Gasteiger partial charge in [0.25, 0.3) is 0 Å². The van der Waals surface area contributed by atoms with E-state index in [4.69, 9.17) is 4.74 Å². The Morgan fingerprint density at radius 2 is 0.790 bits per heavy atom. The van der Waals surface area contributed by atoms with E-state index >= 15 is 0 Å². The summed E-state index contributed by atoms with van der Waals surface area (Å²) in [5.41, 5.74) is 21.6. The van der Waals surface area contributed by atoms with Crippen LogP contribution in [0, 0.1) is 0 Å². The van der Waals surface area contributed by atoms with Crippen LogP contribution in [-0.2, 0) is 0 Å². The fourth-order valence-corrected chi connectivity index (χ4v) is 9.42. The standard InChI is InChI=1S/C61H46O/c1-61-33-32-57(55-29-13-27-53(39-55)51-25-11-23-49(37-51)47-21-9-19-45(35-47)43-16-6-3-7-17-43)41-59(61)58-40-56(30-31-60(58)62-61)54-28-12-26-52(38-54)50-24-10-22-48(36-50)46-20-8-18-44(34-46)42-14-4-2-5-15-42/h2,4-6,8-32,34-41H,3,7,33H2,1H3. The zero-order valence-electron chi connectivity index (χ0n) is 34.9. The van der Waals surface area contributed by atoms with E-state index < -0.39 is 5.60 Å². The number of allylic oxidation sites excluding steroid dienone is 6. The Bertz CT molecular complexity index is 3140. The predicted molar refractivity (Wildman–Crippen MR) is 261 cm³/mol. The van der Waals surface area contributed by atoms with Gasteiger partial charge >= 0.3 is 0 Å². The van der Waals surface area contributed by atoms with Gasteiger partial charge in [0.1, 0.15) is 11.4 Å². The highest BCUT2D eigenvalue weighted by Gasteiger charge is 2.41. The molecule has 1 aliphatic heterocycles. The molecule has 0 bridgehead atoms. The average molecular weight is 795 g/mol. The van der Waals surface area contributed by atoms with Crippen LogP contribution in [0.2, 0.25) is 0 Å². The van der Waals surface area contributed by atoms with Gasteiger partial charge in [-0.2, -0.15) is 0 Å². The number of fused-ring (bicyclic) bond motifs is 3. The molecule has 3 aliphatic rings. The minimum Gasteiger partial charge on any atom is -0.482 e. The summed E-state index contributed by atoms with van der Waals surface area (Å²) in [6.45, 7) is 2.23. The van der Waals surface area contributed by atoms with Crippen LogP contribution in [0.5, 0.6) is 5.75 Å². The van der Waals surface area contributed by atoms with Crippen LogP contribution in [0.15, 0.2) is 225 Å². The Kier molecular flexibility index (Phi) is 9.59. The SMILES string of the molecule is CC12CC=C(c3cccc(-c4cccc(-c5cccc(C6=CCCC=C6)c5)c4)c3)C=C1c1cc(-c3cccc(-c4cccc(-c5cccc(-c6ccccc6)c5)c4)c3)ccc1O2. The molecule has 1 nitrogen and oxygen atoms in total. The summed E-state index contributed by atoms with van der Waals surface area (Å²) in [7, 11) is 0. The summed E-state index contributed by atoms with van der Waals surface area (Å²) >= 11 is 0. The second-order valence-corrected chi connectivity index (χ2v) is 17.0. The number of hydrogen-bond donors (Lipinski definition) is 0. The van der Waals surface area contributed by atoms with E-state index in [1.54, 1.807) is 0 Å². The van der Waals surface area contributed by atoms with Gasteiger partial charge in [0, 0.05) is 17.6 Å². The number of benzene rings is 8. The summed E-state index contributed by atoms with van der Waals surface area (Å²) in [5, 5.41) is 0. The maximum absolute atomic E-state index is 6.73. The highest BCUT2D eigenvalue weighted by molar-refractivity contribution is 5.94. The molecular weight excluding hydrogens is 749 g/mol. The van der Waals surface area contributed by atoms with E-state index in [1.165, 1.54) is 100 Å². The molecule has 0 saturated carbocycles. The molecule has 0 radical (unpaired) electrons. The molecule has 8 aromatic carbocycles. The first-order chi connectivity index (χ1) is 30.5. The third kappa shape index (κ3) is 7.27. The van der Waals surface area contributed by atoms with Gasteiger partial charge in [0.2, 0.25) is 0 Å². The van der Waals surface area contributed by atoms with Crippen LogP contribution in [0.4, 0.5) is 0 Å². The van der Waals surface area contributed by atoms with Crippen LogP contribution >= 0.6 is 0 Å². The lowest BCUT2D eigenvalue weighted by Crippen LogP contribution is -2.30. The quantitative estimate of drug-likeness (QED) is 0.149. The number of rotatable bonds is 8. The lowest BCUT2D eigenvalue weighted by molar-refractivity contribution is 0.170. The molecule has 0 spiro atoms. The normalized spacial score (nSPS) is 16.4. The largest absolute Gasteiger partial charge is 0.482 e. The first kappa shape index (κ1) is 37.5.